The van der Waals surface area contributed by atoms with E-state index < -0.39 is 0 Å². The molecule has 1 rings (SSSR count). The maximum Gasteiger partial charge on any atom is 0.114 e. The van der Waals surface area contributed by atoms with Crippen LogP contribution in [0.1, 0.15) is 32.6 Å². The summed E-state index contributed by atoms with van der Waals surface area (Å²) in [7, 11) is 0. The third-order valence-electron chi connectivity index (χ3n) is 3.03. The Morgan fingerprint density at radius 1 is 1.36 bits per heavy atom. The van der Waals surface area contributed by atoms with Gasteiger partial charge in [0.05, 0.1) is 13.2 Å². The maximum absolute atomic E-state index is 9.34. The molecule has 0 bridgehead atoms. The van der Waals surface area contributed by atoms with Crippen LogP contribution in [0.4, 0.5) is 0 Å². The topological polar surface area (TPSA) is 29.5 Å². The van der Waals surface area contributed by atoms with Crippen LogP contribution in [-0.4, -0.2) is 18.3 Å². The Bertz CT molecular complexity index is 224. The molecular formula is C12H20O2. The van der Waals surface area contributed by atoms with E-state index in [0.29, 0.717) is 12.4 Å². The van der Waals surface area contributed by atoms with Crippen LogP contribution in [0.2, 0.25) is 0 Å². The van der Waals surface area contributed by atoms with Crippen molar-refractivity contribution in [1.82, 2.24) is 0 Å². The zero-order chi connectivity index (χ0) is 10.6. The standard InChI is InChI=1S/C12H20O2/c1-10(2)11(3)14-9-12(8-13)6-4-5-7-12/h13H,1,3-9H2,2H3. The van der Waals surface area contributed by atoms with Crippen LogP contribution in [0.5, 0.6) is 0 Å². The van der Waals surface area contributed by atoms with Gasteiger partial charge in [-0.25, -0.2) is 0 Å². The molecule has 80 valence electrons. The van der Waals surface area contributed by atoms with Crippen molar-refractivity contribution in [2.24, 2.45) is 5.41 Å². The van der Waals surface area contributed by atoms with E-state index >= 15 is 0 Å². The van der Waals surface area contributed by atoms with Crippen molar-refractivity contribution in [3.05, 3.63) is 24.5 Å². The Labute approximate surface area is 86.3 Å². The average molecular weight is 196 g/mol. The van der Waals surface area contributed by atoms with E-state index in [1.807, 2.05) is 6.92 Å². The van der Waals surface area contributed by atoms with Crippen LogP contribution < -0.4 is 0 Å². The van der Waals surface area contributed by atoms with Gasteiger partial charge in [-0.1, -0.05) is 26.0 Å². The summed E-state index contributed by atoms with van der Waals surface area (Å²) in [4.78, 5) is 0. The molecule has 0 saturated heterocycles. The first kappa shape index (κ1) is 11.3. The van der Waals surface area contributed by atoms with E-state index in [4.69, 9.17) is 4.74 Å². The lowest BCUT2D eigenvalue weighted by Gasteiger charge is -2.26. The van der Waals surface area contributed by atoms with Gasteiger partial charge >= 0.3 is 0 Å². The summed E-state index contributed by atoms with van der Waals surface area (Å²) < 4.78 is 5.53. The highest BCUT2D eigenvalue weighted by Crippen LogP contribution is 2.38. The SMILES string of the molecule is C=C(C)C(=C)OCC1(CO)CCCC1. The molecule has 14 heavy (non-hydrogen) atoms. The predicted molar refractivity (Wildman–Crippen MR) is 57.9 cm³/mol. The monoisotopic (exact) mass is 196 g/mol. The first-order valence-corrected chi connectivity index (χ1v) is 5.18. The molecule has 0 unspecified atom stereocenters. The molecule has 0 spiro atoms. The Morgan fingerprint density at radius 3 is 2.36 bits per heavy atom. The number of aliphatic hydroxyl groups excluding tert-OH is 1. The first-order chi connectivity index (χ1) is 6.59. The quantitative estimate of drug-likeness (QED) is 0.541. The molecule has 2 heteroatoms. The summed E-state index contributed by atoms with van der Waals surface area (Å²) in [6, 6.07) is 0. The van der Waals surface area contributed by atoms with Crippen molar-refractivity contribution in [1.29, 1.82) is 0 Å². The van der Waals surface area contributed by atoms with Gasteiger partial charge in [-0.3, -0.25) is 0 Å². The van der Waals surface area contributed by atoms with Crippen molar-refractivity contribution < 1.29 is 9.84 Å². The van der Waals surface area contributed by atoms with Crippen LogP contribution >= 0.6 is 0 Å². The highest BCUT2D eigenvalue weighted by atomic mass is 16.5. The summed E-state index contributed by atoms with van der Waals surface area (Å²) in [6.45, 7) is 10.2. The third-order valence-corrected chi connectivity index (χ3v) is 3.03. The number of aliphatic hydroxyl groups is 1. The Kier molecular flexibility index (Phi) is 3.76. The van der Waals surface area contributed by atoms with Crippen LogP contribution in [0.15, 0.2) is 24.5 Å². The molecular weight excluding hydrogens is 176 g/mol. The van der Waals surface area contributed by atoms with E-state index in [2.05, 4.69) is 13.2 Å². The van der Waals surface area contributed by atoms with Gasteiger partial charge < -0.3 is 9.84 Å². The van der Waals surface area contributed by atoms with Gasteiger partial charge in [0, 0.05) is 5.41 Å². The highest BCUT2D eigenvalue weighted by molar-refractivity contribution is 5.16. The van der Waals surface area contributed by atoms with Gasteiger partial charge in [0.15, 0.2) is 0 Å². The minimum Gasteiger partial charge on any atom is -0.493 e. The fourth-order valence-corrected chi connectivity index (χ4v) is 1.84. The van der Waals surface area contributed by atoms with Crippen molar-refractivity contribution in [3.8, 4) is 0 Å². The number of rotatable bonds is 5. The van der Waals surface area contributed by atoms with E-state index in [1.165, 1.54) is 12.8 Å². The van der Waals surface area contributed by atoms with Crippen LogP contribution in [0.25, 0.3) is 0 Å². The van der Waals surface area contributed by atoms with Gasteiger partial charge in [0.1, 0.15) is 5.76 Å². The van der Waals surface area contributed by atoms with E-state index in [-0.39, 0.29) is 12.0 Å². The highest BCUT2D eigenvalue weighted by Gasteiger charge is 2.34. The summed E-state index contributed by atoms with van der Waals surface area (Å²) in [5.74, 6) is 0.643. The van der Waals surface area contributed by atoms with Crippen molar-refractivity contribution in [3.63, 3.8) is 0 Å². The van der Waals surface area contributed by atoms with Crippen LogP contribution in [0, 0.1) is 5.41 Å². The van der Waals surface area contributed by atoms with Crippen molar-refractivity contribution in [2.75, 3.05) is 13.2 Å². The fourth-order valence-electron chi connectivity index (χ4n) is 1.84. The summed E-state index contributed by atoms with van der Waals surface area (Å²) in [5, 5.41) is 9.34. The first-order valence-electron chi connectivity index (χ1n) is 5.18. The number of allylic oxidation sites excluding steroid dienone is 1. The van der Waals surface area contributed by atoms with E-state index in [0.717, 1.165) is 18.4 Å². The van der Waals surface area contributed by atoms with Crippen LogP contribution in [-0.2, 0) is 4.74 Å². The van der Waals surface area contributed by atoms with E-state index in [9.17, 15) is 5.11 Å². The van der Waals surface area contributed by atoms with Crippen LogP contribution in [0.3, 0.4) is 0 Å². The number of hydrogen-bond acceptors (Lipinski definition) is 2. The van der Waals surface area contributed by atoms with Gasteiger partial charge in [-0.2, -0.15) is 0 Å². The molecule has 0 aromatic rings. The third kappa shape index (κ3) is 2.61. The van der Waals surface area contributed by atoms with Gasteiger partial charge in [0.2, 0.25) is 0 Å². The second-order valence-electron chi connectivity index (χ2n) is 4.36. The van der Waals surface area contributed by atoms with Gasteiger partial charge in [-0.05, 0) is 25.3 Å². The second kappa shape index (κ2) is 4.65. The maximum atomic E-state index is 9.34. The molecule has 1 saturated carbocycles. The summed E-state index contributed by atoms with van der Waals surface area (Å²) >= 11 is 0. The van der Waals surface area contributed by atoms with Gasteiger partial charge in [0.25, 0.3) is 0 Å². The molecule has 0 aromatic carbocycles. The zero-order valence-corrected chi connectivity index (χ0v) is 9.01. The molecule has 1 aliphatic carbocycles. The van der Waals surface area contributed by atoms with E-state index in [1.54, 1.807) is 0 Å². The summed E-state index contributed by atoms with van der Waals surface area (Å²) in [5.41, 5.74) is 0.842. The number of hydrogen-bond donors (Lipinski definition) is 1. The molecule has 1 fully saturated rings. The van der Waals surface area contributed by atoms with Gasteiger partial charge in [-0.15, -0.1) is 0 Å². The fraction of sp³-hybridized carbons (Fsp3) is 0.667. The lowest BCUT2D eigenvalue weighted by molar-refractivity contribution is 0.0433. The zero-order valence-electron chi connectivity index (χ0n) is 9.01. The predicted octanol–water partition coefficient (Wildman–Crippen LogP) is 2.65. The smallest absolute Gasteiger partial charge is 0.114 e. The summed E-state index contributed by atoms with van der Waals surface area (Å²) in [6.07, 6.45) is 4.52. The molecule has 0 atom stereocenters. The molecule has 1 aliphatic rings. The van der Waals surface area contributed by atoms with Crippen molar-refractivity contribution in [2.45, 2.75) is 32.6 Å². The minimum absolute atomic E-state index is 0.0155. The van der Waals surface area contributed by atoms with Crippen molar-refractivity contribution >= 4 is 0 Å². The molecule has 0 radical (unpaired) electrons. The molecule has 0 aliphatic heterocycles. The number of ether oxygens (including phenoxy) is 1. The Morgan fingerprint density at radius 2 is 1.93 bits per heavy atom. The second-order valence-corrected chi connectivity index (χ2v) is 4.36. The molecule has 0 heterocycles. The largest absolute Gasteiger partial charge is 0.493 e. The lowest BCUT2D eigenvalue weighted by atomic mass is 9.88. The molecule has 0 aromatic heterocycles. The molecule has 0 amide bonds. The minimum atomic E-state index is -0.0155. The molecule has 1 N–H and O–H groups in total. The molecule has 2 nitrogen and oxygen atoms in total. The normalized spacial score (nSPS) is 19.3. The Hall–Kier alpha value is -0.760. The lowest BCUT2D eigenvalue weighted by Crippen LogP contribution is -2.27. The Balaban J connectivity index is 2.42. The average Bonchev–Trinajstić information content (AvgIpc) is 2.63.